The maximum absolute atomic E-state index is 13.9. The van der Waals surface area contributed by atoms with Crippen molar-refractivity contribution in [3.05, 3.63) is 94.3 Å². The summed E-state index contributed by atoms with van der Waals surface area (Å²) in [4.78, 5) is 25.2. The molecule has 0 aliphatic rings. The second-order valence-electron chi connectivity index (χ2n) is 7.54. The molecule has 0 radical (unpaired) electrons. The van der Waals surface area contributed by atoms with Crippen LogP contribution in [-0.2, 0) is 17.5 Å². The maximum atomic E-state index is 13.9. The minimum atomic E-state index is -4.95. The Labute approximate surface area is 197 Å². The summed E-state index contributed by atoms with van der Waals surface area (Å²) in [6.45, 7) is -0.0652. The highest BCUT2D eigenvalue weighted by molar-refractivity contribution is 5.85. The fourth-order valence-electron chi connectivity index (χ4n) is 3.56. The number of halogens is 3. The van der Waals surface area contributed by atoms with Crippen molar-refractivity contribution in [1.82, 2.24) is 5.32 Å². The van der Waals surface area contributed by atoms with Gasteiger partial charge in [0.05, 0.1) is 18.1 Å². The molecule has 0 aliphatic carbocycles. The predicted molar refractivity (Wildman–Crippen MR) is 123 cm³/mol. The van der Waals surface area contributed by atoms with Gasteiger partial charge in [0.2, 0.25) is 11.2 Å². The number of alkyl halides is 3. The van der Waals surface area contributed by atoms with Crippen LogP contribution in [0.3, 0.4) is 0 Å². The van der Waals surface area contributed by atoms with E-state index in [1.165, 1.54) is 37.4 Å². The van der Waals surface area contributed by atoms with Crippen LogP contribution in [0.2, 0.25) is 0 Å². The minimum Gasteiger partial charge on any atom is -0.496 e. The van der Waals surface area contributed by atoms with Crippen LogP contribution in [0.5, 0.6) is 11.5 Å². The van der Waals surface area contributed by atoms with Crippen LogP contribution in [0.15, 0.2) is 82.0 Å². The average Bonchev–Trinajstić information content (AvgIpc) is 2.86. The highest BCUT2D eigenvalue weighted by atomic mass is 19.4. The number of nitrogens with one attached hydrogen (secondary N) is 1. The molecule has 0 spiro atoms. The topological polar surface area (TPSA) is 77.8 Å². The van der Waals surface area contributed by atoms with Crippen molar-refractivity contribution in [3.8, 4) is 22.6 Å². The molecule has 0 aliphatic heterocycles. The highest BCUT2D eigenvalue weighted by Gasteiger charge is 2.40. The number of carbonyl (C=O) groups is 1. The second-order valence-corrected chi connectivity index (χ2v) is 7.54. The van der Waals surface area contributed by atoms with E-state index in [0.29, 0.717) is 6.54 Å². The largest absolute Gasteiger partial charge is 0.496 e. The SMILES string of the molecule is COc1ccccc1-c1c(C(F)(F)F)oc2cc(OCC(=O)NCc3ccccc3)ccc2c1=O. The Balaban J connectivity index is 1.63. The van der Waals surface area contributed by atoms with Crippen LogP contribution in [-0.4, -0.2) is 19.6 Å². The van der Waals surface area contributed by atoms with E-state index in [1.54, 1.807) is 6.07 Å². The van der Waals surface area contributed by atoms with Crippen LogP contribution in [0.1, 0.15) is 11.3 Å². The Morgan fingerprint density at radius 3 is 2.43 bits per heavy atom. The fraction of sp³-hybridized carbons (Fsp3) is 0.154. The second kappa shape index (κ2) is 9.92. The van der Waals surface area contributed by atoms with E-state index in [4.69, 9.17) is 13.9 Å². The molecule has 0 fully saturated rings. The number of benzene rings is 3. The molecule has 1 amide bonds. The monoisotopic (exact) mass is 483 g/mol. The maximum Gasteiger partial charge on any atom is 0.450 e. The summed E-state index contributed by atoms with van der Waals surface area (Å²) in [6, 6.07) is 19.0. The molecule has 6 nitrogen and oxygen atoms in total. The van der Waals surface area contributed by atoms with Crippen molar-refractivity contribution in [2.75, 3.05) is 13.7 Å². The van der Waals surface area contributed by atoms with E-state index >= 15 is 0 Å². The molecular formula is C26H20F3NO5. The van der Waals surface area contributed by atoms with E-state index in [-0.39, 0.29) is 34.6 Å². The number of hydrogen-bond acceptors (Lipinski definition) is 5. The van der Waals surface area contributed by atoms with Crippen molar-refractivity contribution < 1.29 is 31.9 Å². The van der Waals surface area contributed by atoms with Crippen molar-refractivity contribution in [3.63, 3.8) is 0 Å². The van der Waals surface area contributed by atoms with Gasteiger partial charge < -0.3 is 19.2 Å². The number of ether oxygens (including phenoxy) is 2. The zero-order valence-corrected chi connectivity index (χ0v) is 18.5. The summed E-state index contributed by atoms with van der Waals surface area (Å²) in [7, 11) is 1.30. The number of amides is 1. The summed E-state index contributed by atoms with van der Waals surface area (Å²) < 4.78 is 57.4. The van der Waals surface area contributed by atoms with Gasteiger partial charge in [-0.05, 0) is 23.8 Å². The molecule has 3 aromatic carbocycles. The van der Waals surface area contributed by atoms with Gasteiger partial charge in [-0.3, -0.25) is 9.59 Å². The van der Waals surface area contributed by atoms with Crippen molar-refractivity contribution >= 4 is 16.9 Å². The Kier molecular flexibility index (Phi) is 6.77. The first kappa shape index (κ1) is 23.9. The summed E-state index contributed by atoms with van der Waals surface area (Å²) in [5.41, 5.74) is -0.956. The van der Waals surface area contributed by atoms with Gasteiger partial charge in [-0.15, -0.1) is 0 Å². The van der Waals surface area contributed by atoms with Crippen LogP contribution in [0.25, 0.3) is 22.1 Å². The summed E-state index contributed by atoms with van der Waals surface area (Å²) in [5.74, 6) is -1.69. The van der Waals surface area contributed by atoms with E-state index in [0.717, 1.165) is 11.6 Å². The summed E-state index contributed by atoms with van der Waals surface area (Å²) in [6.07, 6.45) is -4.95. The lowest BCUT2D eigenvalue weighted by molar-refractivity contribution is -0.152. The van der Waals surface area contributed by atoms with E-state index in [1.807, 2.05) is 30.3 Å². The smallest absolute Gasteiger partial charge is 0.450 e. The standard InChI is InChI=1S/C26H20F3NO5/c1-33-20-10-6-5-9-18(20)23-24(32)19-12-11-17(13-21(19)35-25(23)26(27,28)29)34-15-22(31)30-14-16-7-3-2-4-8-16/h2-13H,14-15H2,1H3,(H,30,31). The van der Waals surface area contributed by atoms with Gasteiger partial charge in [0, 0.05) is 18.2 Å². The number of fused-ring (bicyclic) bond motifs is 1. The molecule has 1 aromatic heterocycles. The van der Waals surface area contributed by atoms with Crippen molar-refractivity contribution in [2.45, 2.75) is 12.7 Å². The molecule has 0 saturated carbocycles. The molecule has 4 aromatic rings. The predicted octanol–water partition coefficient (Wildman–Crippen LogP) is 5.18. The zero-order chi connectivity index (χ0) is 25.0. The first-order valence-corrected chi connectivity index (χ1v) is 10.5. The van der Waals surface area contributed by atoms with Gasteiger partial charge in [-0.25, -0.2) is 0 Å². The van der Waals surface area contributed by atoms with Crippen LogP contribution in [0, 0.1) is 0 Å². The lowest BCUT2D eigenvalue weighted by Gasteiger charge is -2.15. The molecule has 0 unspecified atom stereocenters. The third kappa shape index (κ3) is 5.29. The molecular weight excluding hydrogens is 463 g/mol. The number of para-hydroxylation sites is 1. The molecule has 4 rings (SSSR count). The third-order valence-corrected chi connectivity index (χ3v) is 5.20. The average molecular weight is 483 g/mol. The quantitative estimate of drug-likeness (QED) is 0.392. The zero-order valence-electron chi connectivity index (χ0n) is 18.5. The number of carbonyl (C=O) groups excluding carboxylic acids is 1. The Bertz CT molecular complexity index is 1410. The van der Waals surface area contributed by atoms with Gasteiger partial charge in [-0.1, -0.05) is 48.5 Å². The number of hydrogen-bond donors (Lipinski definition) is 1. The molecule has 0 atom stereocenters. The minimum absolute atomic E-state index is 0.0339. The van der Waals surface area contributed by atoms with Gasteiger partial charge in [0.15, 0.2) is 6.61 Å². The van der Waals surface area contributed by atoms with Crippen LogP contribution < -0.4 is 20.2 Å². The first-order chi connectivity index (χ1) is 16.8. The Hall–Kier alpha value is -4.27. The first-order valence-electron chi connectivity index (χ1n) is 10.5. The fourth-order valence-corrected chi connectivity index (χ4v) is 3.56. The van der Waals surface area contributed by atoms with E-state index in [9.17, 15) is 22.8 Å². The molecule has 1 heterocycles. The third-order valence-electron chi connectivity index (χ3n) is 5.20. The Morgan fingerprint density at radius 2 is 1.71 bits per heavy atom. The molecule has 0 saturated heterocycles. The van der Waals surface area contributed by atoms with Crippen molar-refractivity contribution in [1.29, 1.82) is 0 Å². The van der Waals surface area contributed by atoms with Gasteiger partial charge in [-0.2, -0.15) is 13.2 Å². The van der Waals surface area contributed by atoms with Crippen molar-refractivity contribution in [2.24, 2.45) is 0 Å². The number of methoxy groups -OCH3 is 1. The van der Waals surface area contributed by atoms with E-state index < -0.39 is 28.8 Å². The van der Waals surface area contributed by atoms with Gasteiger partial charge in [0.25, 0.3) is 5.91 Å². The van der Waals surface area contributed by atoms with Gasteiger partial charge in [0.1, 0.15) is 17.1 Å². The lowest BCUT2D eigenvalue weighted by Crippen LogP contribution is -2.28. The molecule has 180 valence electrons. The summed E-state index contributed by atoms with van der Waals surface area (Å²) >= 11 is 0. The van der Waals surface area contributed by atoms with E-state index in [2.05, 4.69) is 5.32 Å². The Morgan fingerprint density at radius 1 is 1.00 bits per heavy atom. The highest BCUT2D eigenvalue weighted by Crippen LogP contribution is 2.40. The molecule has 35 heavy (non-hydrogen) atoms. The molecule has 1 N–H and O–H groups in total. The molecule has 9 heteroatoms. The normalized spacial score (nSPS) is 11.3. The van der Waals surface area contributed by atoms with Gasteiger partial charge >= 0.3 is 6.18 Å². The number of rotatable bonds is 7. The van der Waals surface area contributed by atoms with Crippen LogP contribution in [0.4, 0.5) is 13.2 Å². The van der Waals surface area contributed by atoms with Crippen LogP contribution >= 0.6 is 0 Å². The molecule has 0 bridgehead atoms. The lowest BCUT2D eigenvalue weighted by atomic mass is 10.0. The summed E-state index contributed by atoms with van der Waals surface area (Å²) in [5, 5.41) is 2.61.